The van der Waals surface area contributed by atoms with Crippen LogP contribution in [0.2, 0.25) is 0 Å². The van der Waals surface area contributed by atoms with E-state index in [1.807, 2.05) is 31.2 Å². The summed E-state index contributed by atoms with van der Waals surface area (Å²) in [4.78, 5) is 4.51. The summed E-state index contributed by atoms with van der Waals surface area (Å²) in [7, 11) is -3.37. The molecule has 0 saturated carbocycles. The second-order valence-electron chi connectivity index (χ2n) is 7.39. The molecule has 0 aliphatic carbocycles. The number of hydrogen-bond acceptors (Lipinski definition) is 4. The lowest BCUT2D eigenvalue weighted by atomic mass is 9.96. The molecule has 4 rings (SSSR count). The van der Waals surface area contributed by atoms with Crippen molar-refractivity contribution in [1.82, 2.24) is 10.6 Å². The van der Waals surface area contributed by atoms with Gasteiger partial charge >= 0.3 is 0 Å². The van der Waals surface area contributed by atoms with Crippen LogP contribution in [0.1, 0.15) is 31.7 Å². The maximum atomic E-state index is 12.8. The molecule has 2 fully saturated rings. The van der Waals surface area contributed by atoms with Gasteiger partial charge in [-0.1, -0.05) is 18.2 Å². The predicted molar refractivity (Wildman–Crippen MR) is 122 cm³/mol. The molecule has 0 radical (unpaired) electrons. The highest BCUT2D eigenvalue weighted by Gasteiger charge is 2.41. The van der Waals surface area contributed by atoms with Gasteiger partial charge in [0, 0.05) is 13.1 Å². The normalized spacial score (nSPS) is 26.1. The number of halogens is 1. The maximum Gasteiger partial charge on any atom is 0.237 e. The van der Waals surface area contributed by atoms with E-state index in [1.54, 1.807) is 0 Å². The first-order valence-electron chi connectivity index (χ1n) is 9.85. The van der Waals surface area contributed by atoms with Crippen molar-refractivity contribution in [3.63, 3.8) is 0 Å². The first-order valence-corrected chi connectivity index (χ1v) is 11.5. The average Bonchev–Trinajstić information content (AvgIpc) is 3.37. The summed E-state index contributed by atoms with van der Waals surface area (Å²) >= 11 is 0. The van der Waals surface area contributed by atoms with Crippen LogP contribution in [-0.2, 0) is 21.2 Å². The molecule has 3 unspecified atom stereocenters. The average molecular weight is 520 g/mol. The molecule has 3 heterocycles. The number of guanidine groups is 1. The van der Waals surface area contributed by atoms with Gasteiger partial charge in [0.2, 0.25) is 10.0 Å². The molecule has 2 N–H and O–H groups in total. The van der Waals surface area contributed by atoms with E-state index in [1.165, 1.54) is 4.31 Å². The Morgan fingerprint density at radius 1 is 1.32 bits per heavy atom. The zero-order valence-corrected chi connectivity index (χ0v) is 19.3. The standard InChI is InChI=1S/C19H28N4O3S.HI/c1-2-20-19(22-16-13-15-7-8-18(16)26-15)21-10-12-27(24,25)23-11-9-14-5-3-4-6-17(14)23;/h3-6,15-16,18H,2,7-13H2,1H3,(H2,20,21,22);1H. The summed E-state index contributed by atoms with van der Waals surface area (Å²) in [6, 6.07) is 7.98. The zero-order valence-electron chi connectivity index (χ0n) is 16.1. The summed E-state index contributed by atoms with van der Waals surface area (Å²) in [6.07, 6.45) is 4.62. The van der Waals surface area contributed by atoms with Gasteiger partial charge < -0.3 is 15.4 Å². The van der Waals surface area contributed by atoms with Crippen molar-refractivity contribution in [3.05, 3.63) is 29.8 Å². The van der Waals surface area contributed by atoms with Crippen LogP contribution >= 0.6 is 24.0 Å². The molecule has 3 aliphatic heterocycles. The van der Waals surface area contributed by atoms with Crippen molar-refractivity contribution in [2.75, 3.05) is 29.7 Å². The first kappa shape index (κ1) is 21.6. The minimum atomic E-state index is -3.37. The molecule has 7 nitrogen and oxygen atoms in total. The van der Waals surface area contributed by atoms with Gasteiger partial charge in [0.15, 0.2) is 5.96 Å². The van der Waals surface area contributed by atoms with Crippen molar-refractivity contribution in [2.24, 2.45) is 4.99 Å². The zero-order chi connectivity index (χ0) is 18.9. The second-order valence-corrected chi connectivity index (χ2v) is 9.40. The monoisotopic (exact) mass is 520 g/mol. The number of rotatable bonds is 6. The Morgan fingerprint density at radius 3 is 2.86 bits per heavy atom. The van der Waals surface area contributed by atoms with Gasteiger partial charge in [0.1, 0.15) is 0 Å². The van der Waals surface area contributed by atoms with Crippen LogP contribution in [0.15, 0.2) is 29.3 Å². The fraction of sp³-hybridized carbons (Fsp3) is 0.632. The van der Waals surface area contributed by atoms with Gasteiger partial charge in [-0.25, -0.2) is 8.42 Å². The van der Waals surface area contributed by atoms with Crippen LogP contribution in [0.4, 0.5) is 5.69 Å². The summed E-state index contributed by atoms with van der Waals surface area (Å²) in [5.41, 5.74) is 1.90. The van der Waals surface area contributed by atoms with Gasteiger partial charge in [0.05, 0.1) is 36.2 Å². The maximum absolute atomic E-state index is 12.8. The number of para-hydroxylation sites is 1. The Labute approximate surface area is 184 Å². The number of anilines is 1. The molecule has 156 valence electrons. The van der Waals surface area contributed by atoms with Gasteiger partial charge in [-0.3, -0.25) is 9.30 Å². The third-order valence-electron chi connectivity index (χ3n) is 5.57. The number of aliphatic imine (C=N–C) groups is 1. The number of ether oxygens (including phenoxy) is 1. The van der Waals surface area contributed by atoms with Crippen molar-refractivity contribution < 1.29 is 13.2 Å². The van der Waals surface area contributed by atoms with Crippen LogP contribution < -0.4 is 14.9 Å². The molecule has 9 heteroatoms. The fourth-order valence-corrected chi connectivity index (χ4v) is 5.65. The Kier molecular flexibility index (Phi) is 7.08. The van der Waals surface area contributed by atoms with Crippen LogP contribution in [0.5, 0.6) is 0 Å². The van der Waals surface area contributed by atoms with Crippen LogP contribution in [0, 0.1) is 0 Å². The molecule has 1 aromatic carbocycles. The van der Waals surface area contributed by atoms with Crippen molar-refractivity contribution in [1.29, 1.82) is 0 Å². The van der Waals surface area contributed by atoms with E-state index in [9.17, 15) is 8.42 Å². The molecular formula is C19H29IN4O3S. The highest BCUT2D eigenvalue weighted by molar-refractivity contribution is 14.0. The SMILES string of the molecule is CCNC(=NCCS(=O)(=O)N1CCc2ccccc21)NC1CC2CCC1O2.I. The topological polar surface area (TPSA) is 83.0 Å². The highest BCUT2D eigenvalue weighted by atomic mass is 127. The van der Waals surface area contributed by atoms with Crippen LogP contribution in [0.25, 0.3) is 0 Å². The minimum Gasteiger partial charge on any atom is -0.373 e. The van der Waals surface area contributed by atoms with E-state index >= 15 is 0 Å². The largest absolute Gasteiger partial charge is 0.373 e. The van der Waals surface area contributed by atoms with E-state index in [0.717, 1.165) is 43.5 Å². The molecule has 3 aliphatic rings. The lowest BCUT2D eigenvalue weighted by Crippen LogP contribution is -2.47. The first-order chi connectivity index (χ1) is 13.1. The van der Waals surface area contributed by atoms with Gasteiger partial charge in [-0.15, -0.1) is 24.0 Å². The summed E-state index contributed by atoms with van der Waals surface area (Å²) in [6.45, 7) is 3.50. The smallest absolute Gasteiger partial charge is 0.237 e. The predicted octanol–water partition coefficient (Wildman–Crippen LogP) is 1.87. The molecule has 2 saturated heterocycles. The van der Waals surface area contributed by atoms with Crippen molar-refractivity contribution in [2.45, 2.75) is 50.9 Å². The Balaban J connectivity index is 0.00000225. The number of sulfonamides is 1. The molecule has 0 amide bonds. The summed E-state index contributed by atoms with van der Waals surface area (Å²) in [5.74, 6) is 0.682. The van der Waals surface area contributed by atoms with E-state index in [-0.39, 0.29) is 48.4 Å². The molecule has 1 aromatic rings. The molecular weight excluding hydrogens is 491 g/mol. The second kappa shape index (κ2) is 9.17. The van der Waals surface area contributed by atoms with Crippen LogP contribution in [0.3, 0.4) is 0 Å². The molecule has 3 atom stereocenters. The lowest BCUT2D eigenvalue weighted by Gasteiger charge is -2.23. The fourth-order valence-electron chi connectivity index (χ4n) is 4.27. The Morgan fingerprint density at radius 2 is 2.14 bits per heavy atom. The van der Waals surface area contributed by atoms with E-state index in [2.05, 4.69) is 15.6 Å². The highest BCUT2D eigenvalue weighted by Crippen LogP contribution is 2.34. The number of hydrogen-bond donors (Lipinski definition) is 2. The number of benzene rings is 1. The number of fused-ring (bicyclic) bond motifs is 3. The summed E-state index contributed by atoms with van der Waals surface area (Å²) < 4.78 is 33.0. The lowest BCUT2D eigenvalue weighted by molar-refractivity contribution is 0.0992. The van der Waals surface area contributed by atoms with E-state index in [4.69, 9.17) is 4.74 Å². The van der Waals surface area contributed by atoms with Gasteiger partial charge in [-0.2, -0.15) is 0 Å². The van der Waals surface area contributed by atoms with Gasteiger partial charge in [-0.05, 0) is 44.2 Å². The number of nitrogens with one attached hydrogen (secondary N) is 2. The minimum absolute atomic E-state index is 0. The third-order valence-corrected chi connectivity index (χ3v) is 7.32. The molecule has 2 bridgehead atoms. The van der Waals surface area contributed by atoms with Crippen molar-refractivity contribution in [3.8, 4) is 0 Å². The third kappa shape index (κ3) is 4.56. The Hall–Kier alpha value is -1.07. The molecule has 28 heavy (non-hydrogen) atoms. The van der Waals surface area contributed by atoms with E-state index in [0.29, 0.717) is 18.6 Å². The quantitative estimate of drug-likeness (QED) is 0.340. The molecule has 0 aromatic heterocycles. The molecule has 0 spiro atoms. The van der Waals surface area contributed by atoms with Crippen LogP contribution in [-0.4, -0.2) is 58.0 Å². The summed E-state index contributed by atoms with van der Waals surface area (Å²) in [5, 5.41) is 6.64. The van der Waals surface area contributed by atoms with E-state index < -0.39 is 10.0 Å². The van der Waals surface area contributed by atoms with Gasteiger partial charge in [0.25, 0.3) is 0 Å². The number of nitrogens with zero attached hydrogens (tertiary/aromatic N) is 2. The van der Waals surface area contributed by atoms with Crippen molar-refractivity contribution >= 4 is 45.6 Å². The Bertz CT molecular complexity index is 817.